The van der Waals surface area contributed by atoms with Gasteiger partial charge in [-0.2, -0.15) is 0 Å². The van der Waals surface area contributed by atoms with Gasteiger partial charge in [0.05, 0.1) is 5.56 Å². The van der Waals surface area contributed by atoms with E-state index >= 15 is 0 Å². The van der Waals surface area contributed by atoms with Gasteiger partial charge in [0, 0.05) is 6.42 Å². The number of nitrogens with two attached hydrogens (primary N) is 1. The fourth-order valence-corrected chi connectivity index (χ4v) is 1.99. The minimum Gasteiger partial charge on any atom is -0.380 e. The van der Waals surface area contributed by atoms with Gasteiger partial charge in [-0.05, 0) is 29.0 Å². The quantitative estimate of drug-likeness (QED) is 0.910. The van der Waals surface area contributed by atoms with Gasteiger partial charge in [0.15, 0.2) is 5.82 Å². The summed E-state index contributed by atoms with van der Waals surface area (Å²) in [6, 6.07) is 6.23. The fourth-order valence-electron chi connectivity index (χ4n) is 1.99. The van der Waals surface area contributed by atoms with E-state index in [1.54, 1.807) is 12.1 Å². The standard InChI is InChI=1S/C16H21FN2O/c1-10(16(2,3)4)9-13-14(15(18)19-20-13)11-5-7-12(17)8-6-11/h5-8,10H,9H2,1-4H3,(H2,18,19). The van der Waals surface area contributed by atoms with Crippen molar-refractivity contribution in [3.63, 3.8) is 0 Å². The first-order valence-electron chi connectivity index (χ1n) is 6.79. The molecule has 0 bridgehead atoms. The van der Waals surface area contributed by atoms with Crippen LogP contribution in [0.15, 0.2) is 28.8 Å². The Kier molecular flexibility index (Phi) is 3.84. The van der Waals surface area contributed by atoms with Crippen molar-refractivity contribution in [1.82, 2.24) is 5.16 Å². The number of benzene rings is 1. The van der Waals surface area contributed by atoms with Crippen LogP contribution in [0.2, 0.25) is 0 Å². The lowest BCUT2D eigenvalue weighted by molar-refractivity contribution is 0.240. The van der Waals surface area contributed by atoms with Crippen LogP contribution in [0.5, 0.6) is 0 Å². The van der Waals surface area contributed by atoms with Gasteiger partial charge in [0.2, 0.25) is 0 Å². The number of hydrogen-bond donors (Lipinski definition) is 1. The van der Waals surface area contributed by atoms with Crippen LogP contribution in [0.25, 0.3) is 11.1 Å². The number of nitrogen functional groups attached to an aromatic ring is 1. The monoisotopic (exact) mass is 276 g/mol. The van der Waals surface area contributed by atoms with E-state index in [0.717, 1.165) is 23.3 Å². The van der Waals surface area contributed by atoms with Crippen LogP contribution < -0.4 is 5.73 Å². The Morgan fingerprint density at radius 2 is 1.85 bits per heavy atom. The van der Waals surface area contributed by atoms with Gasteiger partial charge in [0.25, 0.3) is 0 Å². The molecule has 20 heavy (non-hydrogen) atoms. The molecule has 1 aromatic heterocycles. The van der Waals surface area contributed by atoms with Crippen molar-refractivity contribution in [1.29, 1.82) is 0 Å². The van der Waals surface area contributed by atoms with E-state index in [4.69, 9.17) is 10.3 Å². The molecule has 2 rings (SSSR count). The molecule has 0 aliphatic heterocycles. The van der Waals surface area contributed by atoms with Crippen molar-refractivity contribution in [2.45, 2.75) is 34.1 Å². The summed E-state index contributed by atoms with van der Waals surface area (Å²) in [5.74, 6) is 1.26. The molecule has 1 heterocycles. The van der Waals surface area contributed by atoms with Gasteiger partial charge in [-0.1, -0.05) is 45.0 Å². The SMILES string of the molecule is CC(Cc1onc(N)c1-c1ccc(F)cc1)C(C)(C)C. The summed E-state index contributed by atoms with van der Waals surface area (Å²) in [7, 11) is 0. The molecule has 0 saturated heterocycles. The van der Waals surface area contributed by atoms with E-state index in [2.05, 4.69) is 32.9 Å². The summed E-state index contributed by atoms with van der Waals surface area (Å²) in [5.41, 5.74) is 7.68. The molecule has 4 heteroatoms. The van der Waals surface area contributed by atoms with Crippen molar-refractivity contribution in [2.24, 2.45) is 11.3 Å². The first-order valence-corrected chi connectivity index (χ1v) is 6.79. The van der Waals surface area contributed by atoms with E-state index in [0.29, 0.717) is 11.7 Å². The first-order chi connectivity index (χ1) is 9.29. The van der Waals surface area contributed by atoms with Gasteiger partial charge in [-0.15, -0.1) is 0 Å². The second-order valence-electron chi connectivity index (χ2n) is 6.34. The number of hydrogen-bond acceptors (Lipinski definition) is 3. The van der Waals surface area contributed by atoms with E-state index < -0.39 is 0 Å². The third kappa shape index (κ3) is 3.00. The maximum Gasteiger partial charge on any atom is 0.175 e. The first kappa shape index (κ1) is 14.6. The Morgan fingerprint density at radius 3 is 2.40 bits per heavy atom. The zero-order valence-corrected chi connectivity index (χ0v) is 12.4. The molecule has 0 spiro atoms. The molecule has 3 nitrogen and oxygen atoms in total. The van der Waals surface area contributed by atoms with Crippen LogP contribution >= 0.6 is 0 Å². The minimum atomic E-state index is -0.270. The summed E-state index contributed by atoms with van der Waals surface area (Å²) >= 11 is 0. The largest absolute Gasteiger partial charge is 0.380 e. The molecule has 108 valence electrons. The van der Waals surface area contributed by atoms with Crippen LogP contribution in [0.4, 0.5) is 10.2 Å². The summed E-state index contributed by atoms with van der Waals surface area (Å²) < 4.78 is 18.4. The summed E-state index contributed by atoms with van der Waals surface area (Å²) in [4.78, 5) is 0. The summed E-state index contributed by atoms with van der Waals surface area (Å²) in [5, 5.41) is 3.86. The molecule has 0 radical (unpaired) electrons. The van der Waals surface area contributed by atoms with Crippen molar-refractivity contribution >= 4 is 5.82 Å². The van der Waals surface area contributed by atoms with Gasteiger partial charge >= 0.3 is 0 Å². The molecule has 2 aromatic rings. The molecule has 1 atom stereocenters. The highest BCUT2D eigenvalue weighted by molar-refractivity contribution is 5.75. The number of nitrogens with zero attached hydrogens (tertiary/aromatic N) is 1. The number of anilines is 1. The molecular formula is C16H21FN2O. The topological polar surface area (TPSA) is 52.0 Å². The van der Waals surface area contributed by atoms with E-state index in [9.17, 15) is 4.39 Å². The van der Waals surface area contributed by atoms with Crippen molar-refractivity contribution in [3.8, 4) is 11.1 Å². The molecule has 1 unspecified atom stereocenters. The molecule has 0 amide bonds. The lowest BCUT2D eigenvalue weighted by atomic mass is 9.79. The predicted octanol–water partition coefficient (Wildman–Crippen LogP) is 4.29. The summed E-state index contributed by atoms with van der Waals surface area (Å²) in [6.45, 7) is 8.74. The third-order valence-corrected chi connectivity index (χ3v) is 3.89. The van der Waals surface area contributed by atoms with E-state index in [-0.39, 0.29) is 11.2 Å². The van der Waals surface area contributed by atoms with E-state index in [1.807, 2.05) is 0 Å². The highest BCUT2D eigenvalue weighted by Crippen LogP contribution is 2.35. The normalized spacial score (nSPS) is 13.4. The average molecular weight is 276 g/mol. The lowest BCUT2D eigenvalue weighted by Crippen LogP contribution is -2.19. The second kappa shape index (κ2) is 5.27. The lowest BCUT2D eigenvalue weighted by Gasteiger charge is -2.26. The van der Waals surface area contributed by atoms with Crippen LogP contribution in [0, 0.1) is 17.2 Å². The molecule has 0 saturated carbocycles. The number of halogens is 1. The molecule has 2 N–H and O–H groups in total. The molecule has 0 aliphatic carbocycles. The molecule has 0 fully saturated rings. The van der Waals surface area contributed by atoms with Gasteiger partial charge in [-0.3, -0.25) is 0 Å². The Morgan fingerprint density at radius 1 is 1.25 bits per heavy atom. The van der Waals surface area contributed by atoms with Crippen molar-refractivity contribution in [2.75, 3.05) is 5.73 Å². The highest BCUT2D eigenvalue weighted by atomic mass is 19.1. The Hall–Kier alpha value is -1.84. The molecule has 0 aliphatic rings. The van der Waals surface area contributed by atoms with Gasteiger partial charge in [-0.25, -0.2) is 4.39 Å². The predicted molar refractivity (Wildman–Crippen MR) is 78.6 cm³/mol. The maximum absolute atomic E-state index is 13.0. The van der Waals surface area contributed by atoms with Crippen LogP contribution in [0.1, 0.15) is 33.5 Å². The second-order valence-corrected chi connectivity index (χ2v) is 6.34. The fraction of sp³-hybridized carbons (Fsp3) is 0.438. The zero-order chi connectivity index (χ0) is 14.9. The average Bonchev–Trinajstić information content (AvgIpc) is 2.71. The number of aromatic nitrogens is 1. The zero-order valence-electron chi connectivity index (χ0n) is 12.4. The highest BCUT2D eigenvalue weighted by Gasteiger charge is 2.25. The van der Waals surface area contributed by atoms with Crippen molar-refractivity contribution < 1.29 is 8.91 Å². The maximum atomic E-state index is 13.0. The number of rotatable bonds is 3. The van der Waals surface area contributed by atoms with E-state index in [1.165, 1.54) is 12.1 Å². The Balaban J connectivity index is 2.35. The van der Waals surface area contributed by atoms with Crippen LogP contribution in [-0.4, -0.2) is 5.16 Å². The smallest absolute Gasteiger partial charge is 0.175 e. The molecular weight excluding hydrogens is 255 g/mol. The van der Waals surface area contributed by atoms with Crippen molar-refractivity contribution in [3.05, 3.63) is 35.8 Å². The minimum absolute atomic E-state index is 0.168. The van der Waals surface area contributed by atoms with Crippen LogP contribution in [-0.2, 0) is 6.42 Å². The summed E-state index contributed by atoms with van der Waals surface area (Å²) in [6.07, 6.45) is 0.750. The Bertz CT molecular complexity index is 582. The van der Waals surface area contributed by atoms with Gasteiger partial charge < -0.3 is 10.3 Å². The van der Waals surface area contributed by atoms with Crippen LogP contribution in [0.3, 0.4) is 0 Å². The third-order valence-electron chi connectivity index (χ3n) is 3.89. The Labute approximate surface area is 119 Å². The van der Waals surface area contributed by atoms with Gasteiger partial charge in [0.1, 0.15) is 11.6 Å². The molecule has 1 aromatic carbocycles.